The number of ether oxygens (including phenoxy) is 1. The fraction of sp³-hybridized carbons (Fsp3) is 0.750. The fourth-order valence-electron chi connectivity index (χ4n) is 0.792. The highest BCUT2D eigenvalue weighted by Crippen LogP contribution is 1.95. The summed E-state index contributed by atoms with van der Waals surface area (Å²) < 4.78 is 4.70. The molecule has 0 saturated carbocycles. The molecule has 5 heteroatoms. The molecule has 0 aliphatic rings. The minimum absolute atomic E-state index is 0.0732. The summed E-state index contributed by atoms with van der Waals surface area (Å²) in [5, 5.41) is 8.33. The van der Waals surface area contributed by atoms with Crippen LogP contribution >= 0.6 is 0 Å². The largest absolute Gasteiger partial charge is 0.481 e. The van der Waals surface area contributed by atoms with E-state index in [1.165, 1.54) is 4.90 Å². The van der Waals surface area contributed by atoms with Gasteiger partial charge in [0.1, 0.15) is 0 Å². The first-order valence-electron chi connectivity index (χ1n) is 4.17. The van der Waals surface area contributed by atoms with E-state index in [1.807, 2.05) is 0 Å². The maximum atomic E-state index is 11.0. The number of amides is 1. The first-order valence-corrected chi connectivity index (χ1v) is 4.17. The second kappa shape index (κ2) is 6.28. The fourth-order valence-corrected chi connectivity index (χ4v) is 0.792. The van der Waals surface area contributed by atoms with Crippen LogP contribution in [0.2, 0.25) is 0 Å². The number of carboxylic acid groups (broad SMARTS) is 1. The molecule has 0 aromatic heterocycles. The lowest BCUT2D eigenvalue weighted by Crippen LogP contribution is -2.28. The number of carbonyl (C=O) groups excluding carboxylic acids is 1. The Morgan fingerprint density at radius 3 is 2.54 bits per heavy atom. The van der Waals surface area contributed by atoms with Gasteiger partial charge < -0.3 is 14.7 Å². The second-order valence-corrected chi connectivity index (χ2v) is 2.62. The average Bonchev–Trinajstić information content (AvgIpc) is 2.04. The van der Waals surface area contributed by atoms with Crippen LogP contribution in [0.3, 0.4) is 0 Å². The molecule has 0 bridgehead atoms. The zero-order chi connectivity index (χ0) is 10.3. The summed E-state index contributed by atoms with van der Waals surface area (Å²) in [5.41, 5.74) is 0. The maximum Gasteiger partial charge on any atom is 0.409 e. The summed E-state index contributed by atoms with van der Waals surface area (Å²) in [6, 6.07) is 0. The Kier molecular flexibility index (Phi) is 5.67. The standard InChI is InChI=1S/C8H15NO4/c1-3-13-8(12)9(2)6-4-5-7(10)11/h3-6H2,1-2H3,(H,10,11). The molecule has 0 aromatic rings. The Bertz CT molecular complexity index is 181. The van der Waals surface area contributed by atoms with Crippen LogP contribution in [0.1, 0.15) is 19.8 Å². The minimum Gasteiger partial charge on any atom is -0.481 e. The van der Waals surface area contributed by atoms with Gasteiger partial charge in [0.05, 0.1) is 6.61 Å². The van der Waals surface area contributed by atoms with Gasteiger partial charge in [-0.1, -0.05) is 0 Å². The van der Waals surface area contributed by atoms with E-state index >= 15 is 0 Å². The third-order valence-corrected chi connectivity index (χ3v) is 1.46. The van der Waals surface area contributed by atoms with Crippen LogP contribution in [0, 0.1) is 0 Å². The maximum absolute atomic E-state index is 11.0. The van der Waals surface area contributed by atoms with E-state index in [4.69, 9.17) is 9.84 Å². The molecule has 0 aliphatic carbocycles. The van der Waals surface area contributed by atoms with Crippen LogP contribution in [0.5, 0.6) is 0 Å². The van der Waals surface area contributed by atoms with Crippen LogP contribution in [0.25, 0.3) is 0 Å². The van der Waals surface area contributed by atoms with E-state index in [0.717, 1.165) is 0 Å². The second-order valence-electron chi connectivity index (χ2n) is 2.62. The molecule has 0 aromatic carbocycles. The molecule has 1 amide bonds. The number of hydrogen-bond donors (Lipinski definition) is 1. The molecular formula is C8H15NO4. The van der Waals surface area contributed by atoms with Gasteiger partial charge >= 0.3 is 12.1 Å². The molecular weight excluding hydrogens is 174 g/mol. The Balaban J connectivity index is 3.55. The summed E-state index contributed by atoms with van der Waals surface area (Å²) in [5.74, 6) is -0.850. The SMILES string of the molecule is CCOC(=O)N(C)CCCC(=O)O. The van der Waals surface area contributed by atoms with Gasteiger partial charge in [0.25, 0.3) is 0 Å². The normalized spacial score (nSPS) is 9.38. The van der Waals surface area contributed by atoms with Crippen molar-refractivity contribution in [2.45, 2.75) is 19.8 Å². The van der Waals surface area contributed by atoms with Crippen LogP contribution in [-0.2, 0) is 9.53 Å². The van der Waals surface area contributed by atoms with E-state index in [1.54, 1.807) is 14.0 Å². The third-order valence-electron chi connectivity index (χ3n) is 1.46. The van der Waals surface area contributed by atoms with Crippen molar-refractivity contribution in [1.29, 1.82) is 0 Å². The molecule has 0 unspecified atom stereocenters. The van der Waals surface area contributed by atoms with Crippen molar-refractivity contribution in [3.63, 3.8) is 0 Å². The van der Waals surface area contributed by atoms with Crippen LogP contribution < -0.4 is 0 Å². The predicted octanol–water partition coefficient (Wildman–Crippen LogP) is 0.940. The number of aliphatic carboxylic acids is 1. The topological polar surface area (TPSA) is 66.8 Å². The number of carboxylic acids is 1. The smallest absolute Gasteiger partial charge is 0.409 e. The highest BCUT2D eigenvalue weighted by atomic mass is 16.5. The minimum atomic E-state index is -0.850. The van der Waals surface area contributed by atoms with Crippen LogP contribution in [0.15, 0.2) is 0 Å². The van der Waals surface area contributed by atoms with Crippen LogP contribution in [-0.4, -0.2) is 42.3 Å². The number of rotatable bonds is 5. The van der Waals surface area contributed by atoms with Crippen molar-refractivity contribution in [3.05, 3.63) is 0 Å². The van der Waals surface area contributed by atoms with Crippen molar-refractivity contribution in [3.8, 4) is 0 Å². The Hall–Kier alpha value is -1.26. The Morgan fingerprint density at radius 1 is 1.46 bits per heavy atom. The highest BCUT2D eigenvalue weighted by molar-refractivity contribution is 5.68. The van der Waals surface area contributed by atoms with Crippen molar-refractivity contribution in [2.75, 3.05) is 20.2 Å². The van der Waals surface area contributed by atoms with Crippen molar-refractivity contribution in [1.82, 2.24) is 4.90 Å². The summed E-state index contributed by atoms with van der Waals surface area (Å²) in [4.78, 5) is 22.5. The Labute approximate surface area is 77.3 Å². The van der Waals surface area contributed by atoms with Crippen molar-refractivity contribution >= 4 is 12.1 Å². The van der Waals surface area contributed by atoms with E-state index in [2.05, 4.69) is 0 Å². The van der Waals surface area contributed by atoms with Gasteiger partial charge in [-0.25, -0.2) is 4.79 Å². The monoisotopic (exact) mass is 189 g/mol. The molecule has 0 heterocycles. The quantitative estimate of drug-likeness (QED) is 0.698. The van der Waals surface area contributed by atoms with Crippen molar-refractivity contribution < 1.29 is 19.4 Å². The molecule has 0 rings (SSSR count). The van der Waals surface area contributed by atoms with Gasteiger partial charge in [-0.3, -0.25) is 4.79 Å². The lowest BCUT2D eigenvalue weighted by Gasteiger charge is -2.15. The number of carbonyl (C=O) groups is 2. The zero-order valence-corrected chi connectivity index (χ0v) is 7.95. The van der Waals surface area contributed by atoms with E-state index in [0.29, 0.717) is 19.6 Å². The predicted molar refractivity (Wildman–Crippen MR) is 46.5 cm³/mol. The van der Waals surface area contributed by atoms with Gasteiger partial charge in [0.2, 0.25) is 0 Å². The molecule has 1 N–H and O–H groups in total. The average molecular weight is 189 g/mol. The molecule has 0 spiro atoms. The number of hydrogen-bond acceptors (Lipinski definition) is 3. The van der Waals surface area contributed by atoms with Gasteiger partial charge in [0.15, 0.2) is 0 Å². The summed E-state index contributed by atoms with van der Waals surface area (Å²) in [6.45, 7) is 2.47. The van der Waals surface area contributed by atoms with Gasteiger partial charge in [-0.05, 0) is 13.3 Å². The molecule has 13 heavy (non-hydrogen) atoms. The summed E-state index contributed by atoms with van der Waals surface area (Å²) >= 11 is 0. The molecule has 0 fully saturated rings. The molecule has 0 atom stereocenters. The lowest BCUT2D eigenvalue weighted by molar-refractivity contribution is -0.137. The molecule has 5 nitrogen and oxygen atoms in total. The first kappa shape index (κ1) is 11.7. The summed E-state index contributed by atoms with van der Waals surface area (Å²) in [7, 11) is 1.58. The molecule has 76 valence electrons. The lowest BCUT2D eigenvalue weighted by atomic mass is 10.3. The number of nitrogens with zero attached hydrogens (tertiary/aromatic N) is 1. The van der Waals surface area contributed by atoms with E-state index < -0.39 is 12.1 Å². The summed E-state index contributed by atoms with van der Waals surface area (Å²) in [6.07, 6.45) is 0.113. The zero-order valence-electron chi connectivity index (χ0n) is 7.95. The van der Waals surface area contributed by atoms with E-state index in [9.17, 15) is 9.59 Å². The highest BCUT2D eigenvalue weighted by Gasteiger charge is 2.08. The first-order chi connectivity index (χ1) is 6.07. The van der Waals surface area contributed by atoms with E-state index in [-0.39, 0.29) is 6.42 Å². The third kappa shape index (κ3) is 5.95. The van der Waals surface area contributed by atoms with Crippen molar-refractivity contribution in [2.24, 2.45) is 0 Å². The van der Waals surface area contributed by atoms with Gasteiger partial charge in [-0.15, -0.1) is 0 Å². The molecule has 0 radical (unpaired) electrons. The molecule has 0 aliphatic heterocycles. The van der Waals surface area contributed by atoms with Gasteiger partial charge in [0, 0.05) is 20.0 Å². The van der Waals surface area contributed by atoms with Crippen LogP contribution in [0.4, 0.5) is 4.79 Å². The molecule has 0 saturated heterocycles. The Morgan fingerprint density at radius 2 is 2.08 bits per heavy atom. The van der Waals surface area contributed by atoms with Gasteiger partial charge in [-0.2, -0.15) is 0 Å².